The molecule has 0 saturated heterocycles. The van der Waals surface area contributed by atoms with Crippen molar-refractivity contribution >= 4 is 22.8 Å². The summed E-state index contributed by atoms with van der Waals surface area (Å²) >= 11 is 0. The maximum absolute atomic E-state index is 12.6. The van der Waals surface area contributed by atoms with Gasteiger partial charge in [-0.25, -0.2) is 9.78 Å². The number of alkyl halides is 3. The van der Waals surface area contributed by atoms with E-state index in [0.29, 0.717) is 10.9 Å². The number of amides is 1. The first kappa shape index (κ1) is 13.8. The molecule has 0 atom stereocenters. The molecule has 7 nitrogen and oxygen atoms in total. The third kappa shape index (κ3) is 2.39. The largest absolute Gasteiger partial charge is 0.433 e. The summed E-state index contributed by atoms with van der Waals surface area (Å²) in [6, 6.07) is 0.614. The topological polar surface area (TPSA) is 100 Å². The van der Waals surface area contributed by atoms with Crippen molar-refractivity contribution in [2.24, 2.45) is 5.73 Å². The molecule has 1 amide bonds. The molecule has 0 saturated carbocycles. The molecule has 0 unspecified atom stereocenters. The zero-order valence-corrected chi connectivity index (χ0v) is 9.93. The Hall–Kier alpha value is -2.65. The van der Waals surface area contributed by atoms with Gasteiger partial charge >= 0.3 is 12.1 Å². The molecule has 0 fully saturated rings. The zero-order chi connectivity index (χ0) is 15.1. The fourth-order valence-electron chi connectivity index (χ4n) is 1.52. The summed E-state index contributed by atoms with van der Waals surface area (Å²) in [5, 5.41) is 3.34. The van der Waals surface area contributed by atoms with Gasteiger partial charge in [0.1, 0.15) is 11.2 Å². The Morgan fingerprint density at radius 2 is 2.05 bits per heavy atom. The molecule has 0 aliphatic rings. The number of carbonyl (C=O) groups is 2. The van der Waals surface area contributed by atoms with Gasteiger partial charge in [-0.15, -0.1) is 5.10 Å². The highest BCUT2D eigenvalue weighted by molar-refractivity contribution is 6.04. The molecule has 2 rings (SSSR count). The van der Waals surface area contributed by atoms with Gasteiger partial charge in [-0.2, -0.15) is 13.2 Å². The quantitative estimate of drug-likeness (QED) is 0.868. The fourth-order valence-corrected chi connectivity index (χ4v) is 1.52. The average Bonchev–Trinajstić information content (AvgIpc) is 2.66. The fraction of sp³-hybridized carbons (Fsp3) is 0.200. The van der Waals surface area contributed by atoms with Crippen LogP contribution in [-0.4, -0.2) is 26.8 Å². The predicted molar refractivity (Wildman–Crippen MR) is 58.3 cm³/mol. The van der Waals surface area contributed by atoms with Gasteiger partial charge in [0.25, 0.3) is 5.91 Å². The molecular formula is C10H7F3N4O3. The number of nitrogens with two attached hydrogens (primary N) is 1. The van der Waals surface area contributed by atoms with E-state index in [1.54, 1.807) is 0 Å². The summed E-state index contributed by atoms with van der Waals surface area (Å²) in [4.78, 5) is 30.5. The SMILES string of the molecule is CC(=O)On1nc(C(N)=O)c2cc(C(F)(F)F)ncc21. The number of hydrogen-bond acceptors (Lipinski definition) is 5. The second-order valence-electron chi connectivity index (χ2n) is 3.75. The first-order chi connectivity index (χ1) is 9.20. The van der Waals surface area contributed by atoms with Crippen LogP contribution in [0.4, 0.5) is 13.2 Å². The van der Waals surface area contributed by atoms with E-state index in [4.69, 9.17) is 5.73 Å². The lowest BCUT2D eigenvalue weighted by Gasteiger charge is -2.05. The molecule has 2 aromatic rings. The molecule has 0 aliphatic carbocycles. The average molecular weight is 288 g/mol. The number of halogens is 3. The van der Waals surface area contributed by atoms with Crippen LogP contribution in [0.15, 0.2) is 12.3 Å². The summed E-state index contributed by atoms with van der Waals surface area (Å²) < 4.78 is 37.7. The summed E-state index contributed by atoms with van der Waals surface area (Å²) in [6.07, 6.45) is -3.90. The van der Waals surface area contributed by atoms with Crippen molar-refractivity contribution in [1.29, 1.82) is 0 Å². The molecule has 106 valence electrons. The van der Waals surface area contributed by atoms with Crippen LogP contribution < -0.4 is 10.6 Å². The number of carbonyl (C=O) groups excluding carboxylic acids is 2. The van der Waals surface area contributed by atoms with Gasteiger partial charge in [0.05, 0.1) is 6.20 Å². The molecule has 10 heteroatoms. The van der Waals surface area contributed by atoms with Gasteiger partial charge in [-0.1, -0.05) is 4.85 Å². The lowest BCUT2D eigenvalue weighted by atomic mass is 10.2. The summed E-state index contributed by atoms with van der Waals surface area (Å²) in [5.41, 5.74) is 3.28. The highest BCUT2D eigenvalue weighted by Crippen LogP contribution is 2.30. The minimum atomic E-state index is -4.69. The number of fused-ring (bicyclic) bond motifs is 1. The van der Waals surface area contributed by atoms with Gasteiger partial charge in [0.2, 0.25) is 0 Å². The minimum absolute atomic E-state index is 0.0815. The molecule has 0 spiro atoms. The van der Waals surface area contributed by atoms with Gasteiger partial charge in [-0.05, 0) is 6.07 Å². The second-order valence-corrected chi connectivity index (χ2v) is 3.75. The van der Waals surface area contributed by atoms with Crippen molar-refractivity contribution in [2.75, 3.05) is 0 Å². The van der Waals surface area contributed by atoms with E-state index < -0.39 is 29.4 Å². The van der Waals surface area contributed by atoms with Crippen molar-refractivity contribution in [3.8, 4) is 0 Å². The Morgan fingerprint density at radius 1 is 1.40 bits per heavy atom. The van der Waals surface area contributed by atoms with Crippen LogP contribution >= 0.6 is 0 Å². The van der Waals surface area contributed by atoms with Crippen molar-refractivity contribution in [1.82, 2.24) is 14.9 Å². The van der Waals surface area contributed by atoms with E-state index in [1.165, 1.54) is 0 Å². The number of pyridine rings is 1. The summed E-state index contributed by atoms with van der Waals surface area (Å²) in [5.74, 6) is -1.83. The number of rotatable bonds is 2. The monoisotopic (exact) mass is 288 g/mol. The van der Waals surface area contributed by atoms with Crippen molar-refractivity contribution in [3.63, 3.8) is 0 Å². The lowest BCUT2D eigenvalue weighted by molar-refractivity contribution is -0.143. The van der Waals surface area contributed by atoms with Crippen LogP contribution in [-0.2, 0) is 11.0 Å². The van der Waals surface area contributed by atoms with Crippen LogP contribution in [0.5, 0.6) is 0 Å². The third-order valence-electron chi connectivity index (χ3n) is 2.27. The second kappa shape index (κ2) is 4.47. The summed E-state index contributed by atoms with van der Waals surface area (Å²) in [6.45, 7) is 1.06. The molecule has 2 aromatic heterocycles. The molecule has 0 bridgehead atoms. The molecule has 0 aromatic carbocycles. The Bertz CT molecular complexity index is 708. The minimum Gasteiger partial charge on any atom is -0.364 e. The van der Waals surface area contributed by atoms with Gasteiger partial charge in [-0.3, -0.25) is 4.79 Å². The van der Waals surface area contributed by atoms with Crippen LogP contribution in [0.1, 0.15) is 23.1 Å². The zero-order valence-electron chi connectivity index (χ0n) is 9.93. The van der Waals surface area contributed by atoms with Crippen LogP contribution in [0.25, 0.3) is 10.9 Å². The van der Waals surface area contributed by atoms with Gasteiger partial charge in [0.15, 0.2) is 5.69 Å². The Kier molecular flexibility index (Phi) is 3.08. The summed E-state index contributed by atoms with van der Waals surface area (Å²) in [7, 11) is 0. The van der Waals surface area contributed by atoms with E-state index in [2.05, 4.69) is 14.9 Å². The van der Waals surface area contributed by atoms with E-state index in [1.807, 2.05) is 0 Å². The van der Waals surface area contributed by atoms with Crippen molar-refractivity contribution in [3.05, 3.63) is 23.7 Å². The Balaban J connectivity index is 2.70. The lowest BCUT2D eigenvalue weighted by Crippen LogP contribution is -2.19. The molecule has 2 heterocycles. The molecule has 20 heavy (non-hydrogen) atoms. The van der Waals surface area contributed by atoms with Gasteiger partial charge in [0, 0.05) is 12.3 Å². The molecule has 0 aliphatic heterocycles. The van der Waals surface area contributed by atoms with Gasteiger partial charge < -0.3 is 10.6 Å². The van der Waals surface area contributed by atoms with E-state index in [-0.39, 0.29) is 10.9 Å². The number of nitrogens with zero attached hydrogens (tertiary/aromatic N) is 3. The first-order valence-corrected chi connectivity index (χ1v) is 5.15. The molecule has 2 N–H and O–H groups in total. The van der Waals surface area contributed by atoms with Crippen LogP contribution in [0.3, 0.4) is 0 Å². The Labute approximate surface area is 109 Å². The number of hydrogen-bond donors (Lipinski definition) is 1. The highest BCUT2D eigenvalue weighted by Gasteiger charge is 2.33. The van der Waals surface area contributed by atoms with E-state index >= 15 is 0 Å². The number of aromatic nitrogens is 3. The first-order valence-electron chi connectivity index (χ1n) is 5.15. The maximum atomic E-state index is 12.6. The van der Waals surface area contributed by atoms with E-state index in [0.717, 1.165) is 13.1 Å². The molecular weight excluding hydrogens is 281 g/mol. The predicted octanol–water partition coefficient (Wildman–Crippen LogP) is 0.524. The van der Waals surface area contributed by atoms with Crippen LogP contribution in [0.2, 0.25) is 0 Å². The van der Waals surface area contributed by atoms with Crippen LogP contribution in [0, 0.1) is 0 Å². The van der Waals surface area contributed by atoms with E-state index in [9.17, 15) is 22.8 Å². The van der Waals surface area contributed by atoms with Crippen molar-refractivity contribution in [2.45, 2.75) is 13.1 Å². The number of primary amides is 1. The smallest absolute Gasteiger partial charge is 0.364 e. The third-order valence-corrected chi connectivity index (χ3v) is 2.27. The maximum Gasteiger partial charge on any atom is 0.433 e. The standard InChI is InChI=1S/C10H7F3N4O3/c1-4(18)20-17-6-3-15-7(10(11,12)13)2-5(6)8(16-17)9(14)19/h2-3H,1H3,(H2,14,19). The normalized spacial score (nSPS) is 11.6. The Morgan fingerprint density at radius 3 is 2.55 bits per heavy atom. The van der Waals surface area contributed by atoms with Crippen molar-refractivity contribution < 1.29 is 27.6 Å². The molecule has 0 radical (unpaired) electrons. The highest BCUT2D eigenvalue weighted by atomic mass is 19.4.